The molecular formula is C14H25NO3S. The van der Waals surface area contributed by atoms with Gasteiger partial charge in [0.2, 0.25) is 0 Å². The van der Waals surface area contributed by atoms with Crippen molar-refractivity contribution < 1.29 is 14.3 Å². The monoisotopic (exact) mass is 287 g/mol. The van der Waals surface area contributed by atoms with Crippen LogP contribution >= 0.6 is 11.8 Å². The molecule has 4 nitrogen and oxygen atoms in total. The summed E-state index contributed by atoms with van der Waals surface area (Å²) < 4.78 is 5.20. The Morgan fingerprint density at radius 2 is 1.79 bits per heavy atom. The van der Waals surface area contributed by atoms with Crippen LogP contribution < -0.4 is 5.32 Å². The number of amides is 1. The molecule has 0 aliphatic heterocycles. The zero-order chi connectivity index (χ0) is 14.5. The maximum absolute atomic E-state index is 11.5. The van der Waals surface area contributed by atoms with Crippen LogP contribution in [0.3, 0.4) is 0 Å². The van der Waals surface area contributed by atoms with Gasteiger partial charge in [-0.2, -0.15) is 0 Å². The molecule has 5 heteroatoms. The molecule has 0 aromatic carbocycles. The molecule has 1 N–H and O–H groups in total. The number of nitrogens with one attached hydrogen (secondary N) is 1. The molecule has 1 rings (SSSR count). The Kier molecular flexibility index (Phi) is 6.17. The molecule has 1 fully saturated rings. The highest BCUT2D eigenvalue weighted by Crippen LogP contribution is 2.31. The summed E-state index contributed by atoms with van der Waals surface area (Å²) in [6.45, 7) is 7.87. The van der Waals surface area contributed by atoms with E-state index in [-0.39, 0.29) is 11.2 Å². The molecule has 0 spiro atoms. The SMILES string of the molecule is CC(=O)SC1CCC(CNC(=O)OC(C)(C)C)CC1. The van der Waals surface area contributed by atoms with Gasteiger partial charge in [0.25, 0.3) is 0 Å². The van der Waals surface area contributed by atoms with Crippen LogP contribution in [0.5, 0.6) is 0 Å². The summed E-state index contributed by atoms with van der Waals surface area (Å²) >= 11 is 1.46. The number of carbonyl (C=O) groups excluding carboxylic acids is 2. The van der Waals surface area contributed by atoms with Gasteiger partial charge in [0.15, 0.2) is 5.12 Å². The first-order valence-corrected chi connectivity index (χ1v) is 7.78. The predicted molar refractivity (Wildman–Crippen MR) is 78.3 cm³/mol. The van der Waals surface area contributed by atoms with Crippen molar-refractivity contribution in [2.45, 2.75) is 64.2 Å². The molecule has 1 aliphatic carbocycles. The van der Waals surface area contributed by atoms with Crippen LogP contribution in [0.25, 0.3) is 0 Å². The minimum atomic E-state index is -0.445. The standard InChI is InChI=1S/C14H25NO3S/c1-10(16)19-12-7-5-11(6-8-12)9-15-13(17)18-14(2,3)4/h11-12H,5-9H2,1-4H3,(H,15,17). The van der Waals surface area contributed by atoms with Gasteiger partial charge in [-0.1, -0.05) is 11.8 Å². The first-order valence-electron chi connectivity index (χ1n) is 6.90. The van der Waals surface area contributed by atoms with E-state index >= 15 is 0 Å². The van der Waals surface area contributed by atoms with Gasteiger partial charge in [-0.25, -0.2) is 4.79 Å². The second-order valence-electron chi connectivity index (χ2n) is 6.13. The Bertz CT molecular complexity index is 317. The van der Waals surface area contributed by atoms with Crippen molar-refractivity contribution in [3.8, 4) is 0 Å². The summed E-state index contributed by atoms with van der Waals surface area (Å²) in [6, 6.07) is 0. The Balaban J connectivity index is 2.19. The highest BCUT2D eigenvalue weighted by molar-refractivity contribution is 8.14. The lowest BCUT2D eigenvalue weighted by molar-refractivity contribution is -0.109. The molecule has 0 atom stereocenters. The summed E-state index contributed by atoms with van der Waals surface area (Å²) in [5.41, 5.74) is -0.445. The fraction of sp³-hybridized carbons (Fsp3) is 0.857. The van der Waals surface area contributed by atoms with Gasteiger partial charge in [0.1, 0.15) is 5.60 Å². The molecule has 0 heterocycles. The Morgan fingerprint density at radius 3 is 2.26 bits per heavy atom. The van der Waals surface area contributed by atoms with Gasteiger partial charge in [-0.15, -0.1) is 0 Å². The van der Waals surface area contributed by atoms with Crippen LogP contribution in [-0.4, -0.2) is 28.6 Å². The van der Waals surface area contributed by atoms with Crippen LogP contribution in [0.1, 0.15) is 53.4 Å². The van der Waals surface area contributed by atoms with Gasteiger partial charge in [-0.3, -0.25) is 4.79 Å². The molecule has 0 radical (unpaired) electrons. The van der Waals surface area contributed by atoms with Gasteiger partial charge >= 0.3 is 6.09 Å². The second kappa shape index (κ2) is 7.17. The van der Waals surface area contributed by atoms with Gasteiger partial charge in [0, 0.05) is 18.7 Å². The van der Waals surface area contributed by atoms with Crippen molar-refractivity contribution in [1.29, 1.82) is 0 Å². The molecule has 0 saturated heterocycles. The topological polar surface area (TPSA) is 55.4 Å². The summed E-state index contributed by atoms with van der Waals surface area (Å²) in [6.07, 6.45) is 3.92. The molecule has 0 aromatic rings. The number of alkyl carbamates (subject to hydrolysis) is 1. The van der Waals surface area contributed by atoms with E-state index in [0.29, 0.717) is 17.7 Å². The van der Waals surface area contributed by atoms with E-state index in [1.807, 2.05) is 20.8 Å². The number of ether oxygens (including phenoxy) is 1. The molecule has 0 bridgehead atoms. The van der Waals surface area contributed by atoms with Crippen molar-refractivity contribution in [2.24, 2.45) is 5.92 Å². The molecule has 1 aliphatic rings. The highest BCUT2D eigenvalue weighted by atomic mass is 32.2. The molecule has 1 amide bonds. The third-order valence-corrected chi connectivity index (χ3v) is 4.20. The average Bonchev–Trinajstić information content (AvgIpc) is 2.25. The fourth-order valence-electron chi connectivity index (χ4n) is 2.23. The second-order valence-corrected chi connectivity index (χ2v) is 7.61. The summed E-state index contributed by atoms with van der Waals surface area (Å²) in [5, 5.41) is 3.50. The van der Waals surface area contributed by atoms with Crippen molar-refractivity contribution in [1.82, 2.24) is 5.32 Å². The van der Waals surface area contributed by atoms with Crippen molar-refractivity contribution in [3.63, 3.8) is 0 Å². The third kappa shape index (κ3) is 7.45. The number of carbonyl (C=O) groups is 2. The summed E-state index contributed by atoms with van der Waals surface area (Å²) in [4.78, 5) is 22.6. The van der Waals surface area contributed by atoms with Crippen LogP contribution in [0.15, 0.2) is 0 Å². The zero-order valence-electron chi connectivity index (χ0n) is 12.3. The third-order valence-electron chi connectivity index (χ3n) is 3.06. The van der Waals surface area contributed by atoms with Crippen LogP contribution in [0, 0.1) is 5.92 Å². The first kappa shape index (κ1) is 16.3. The highest BCUT2D eigenvalue weighted by Gasteiger charge is 2.23. The summed E-state index contributed by atoms with van der Waals surface area (Å²) in [7, 11) is 0. The van der Waals surface area contributed by atoms with E-state index in [1.54, 1.807) is 6.92 Å². The molecule has 110 valence electrons. The Labute approximate surface area is 120 Å². The quantitative estimate of drug-likeness (QED) is 0.865. The van der Waals surface area contributed by atoms with Crippen molar-refractivity contribution in [3.05, 3.63) is 0 Å². The van der Waals surface area contributed by atoms with Crippen LogP contribution in [0.2, 0.25) is 0 Å². The van der Waals surface area contributed by atoms with E-state index in [0.717, 1.165) is 25.7 Å². The number of rotatable bonds is 3. The Hall–Kier alpha value is -0.710. The maximum Gasteiger partial charge on any atom is 0.407 e. The number of hydrogen-bond acceptors (Lipinski definition) is 4. The van der Waals surface area contributed by atoms with E-state index in [9.17, 15) is 9.59 Å². The number of thioether (sulfide) groups is 1. The number of hydrogen-bond donors (Lipinski definition) is 1. The van der Waals surface area contributed by atoms with Gasteiger partial charge < -0.3 is 10.1 Å². The zero-order valence-corrected chi connectivity index (χ0v) is 13.1. The molecular weight excluding hydrogens is 262 g/mol. The largest absolute Gasteiger partial charge is 0.444 e. The fourth-order valence-corrected chi connectivity index (χ4v) is 3.21. The lowest BCUT2D eigenvalue weighted by Gasteiger charge is -2.28. The lowest BCUT2D eigenvalue weighted by atomic mass is 9.89. The summed E-state index contributed by atoms with van der Waals surface area (Å²) in [5.74, 6) is 0.510. The van der Waals surface area contributed by atoms with Crippen LogP contribution in [-0.2, 0) is 9.53 Å². The molecule has 19 heavy (non-hydrogen) atoms. The van der Waals surface area contributed by atoms with Crippen molar-refractivity contribution >= 4 is 23.0 Å². The predicted octanol–water partition coefficient (Wildman–Crippen LogP) is 3.35. The van der Waals surface area contributed by atoms with E-state index in [4.69, 9.17) is 4.74 Å². The van der Waals surface area contributed by atoms with E-state index in [1.165, 1.54) is 11.8 Å². The van der Waals surface area contributed by atoms with E-state index in [2.05, 4.69) is 5.32 Å². The smallest absolute Gasteiger partial charge is 0.407 e. The first-order chi connectivity index (χ1) is 8.76. The molecule has 0 aromatic heterocycles. The maximum atomic E-state index is 11.5. The minimum Gasteiger partial charge on any atom is -0.444 e. The average molecular weight is 287 g/mol. The normalized spacial score (nSPS) is 23.8. The van der Waals surface area contributed by atoms with Gasteiger partial charge in [0.05, 0.1) is 0 Å². The molecule has 1 saturated carbocycles. The van der Waals surface area contributed by atoms with Crippen LogP contribution in [0.4, 0.5) is 4.79 Å². The Morgan fingerprint density at radius 1 is 1.21 bits per heavy atom. The molecule has 0 unspecified atom stereocenters. The minimum absolute atomic E-state index is 0.204. The van der Waals surface area contributed by atoms with Crippen molar-refractivity contribution in [2.75, 3.05) is 6.54 Å². The lowest BCUT2D eigenvalue weighted by Crippen LogP contribution is -2.36. The van der Waals surface area contributed by atoms with E-state index < -0.39 is 5.60 Å². The van der Waals surface area contributed by atoms with Gasteiger partial charge in [-0.05, 0) is 52.4 Å².